The zero-order valence-corrected chi connectivity index (χ0v) is 20.0. The summed E-state index contributed by atoms with van der Waals surface area (Å²) in [5.41, 5.74) is 1.58. The number of aryl methyl sites for hydroxylation is 2. The topological polar surface area (TPSA) is 102 Å². The van der Waals surface area contributed by atoms with E-state index < -0.39 is 11.2 Å². The van der Waals surface area contributed by atoms with E-state index in [1.165, 1.54) is 23.5 Å². The number of hydrogen-bond donors (Lipinski definition) is 0. The fraction of sp³-hybridized carbons (Fsp3) is 0.458. The first-order chi connectivity index (χ1) is 16.2. The molecule has 2 aromatic heterocycles. The molecular weight excluding hydrogens is 436 g/mol. The number of nitrogens with zero attached hydrogens (tertiary/aromatic N) is 6. The number of amides is 2. The molecule has 2 amide bonds. The van der Waals surface area contributed by atoms with Crippen LogP contribution in [0.3, 0.4) is 0 Å². The van der Waals surface area contributed by atoms with E-state index in [0.717, 1.165) is 4.57 Å². The van der Waals surface area contributed by atoms with Crippen LogP contribution in [-0.4, -0.2) is 66.5 Å². The number of carbonyl (C=O) groups excluding carboxylic acids is 2. The van der Waals surface area contributed by atoms with Crippen LogP contribution in [-0.2, 0) is 25.4 Å². The molecule has 0 unspecified atom stereocenters. The number of hydrogen-bond acceptors (Lipinski definition) is 5. The van der Waals surface area contributed by atoms with E-state index in [4.69, 9.17) is 0 Å². The maximum Gasteiger partial charge on any atom is 0.332 e. The SMILES string of the molecule is CC(C)c1ccc(C(=O)N2CCN(C(=O)CCn3cnc4c3c(=O)n(C)c(=O)n4C)CC2)cc1. The van der Waals surface area contributed by atoms with Crippen molar-refractivity contribution in [1.29, 1.82) is 0 Å². The van der Waals surface area contributed by atoms with Gasteiger partial charge in [-0.3, -0.25) is 23.5 Å². The maximum atomic E-state index is 12.8. The lowest BCUT2D eigenvalue weighted by molar-refractivity contribution is -0.132. The molecule has 0 radical (unpaired) electrons. The number of rotatable bonds is 5. The Morgan fingerprint density at radius 3 is 2.18 bits per heavy atom. The van der Waals surface area contributed by atoms with Gasteiger partial charge in [-0.1, -0.05) is 26.0 Å². The van der Waals surface area contributed by atoms with Gasteiger partial charge in [-0.15, -0.1) is 0 Å². The summed E-state index contributed by atoms with van der Waals surface area (Å²) in [6.07, 6.45) is 1.68. The van der Waals surface area contributed by atoms with Crippen molar-refractivity contribution >= 4 is 23.0 Å². The van der Waals surface area contributed by atoms with Crippen LogP contribution in [0.25, 0.3) is 11.2 Å². The minimum Gasteiger partial charge on any atom is -0.339 e. The van der Waals surface area contributed by atoms with Gasteiger partial charge < -0.3 is 14.4 Å². The van der Waals surface area contributed by atoms with Crippen molar-refractivity contribution in [2.24, 2.45) is 14.1 Å². The minimum atomic E-state index is -0.442. The van der Waals surface area contributed by atoms with Crippen molar-refractivity contribution in [3.63, 3.8) is 0 Å². The van der Waals surface area contributed by atoms with Crippen molar-refractivity contribution < 1.29 is 9.59 Å². The van der Waals surface area contributed by atoms with Crippen LogP contribution in [0.5, 0.6) is 0 Å². The summed E-state index contributed by atoms with van der Waals surface area (Å²) >= 11 is 0. The fourth-order valence-corrected chi connectivity index (χ4v) is 4.29. The van der Waals surface area contributed by atoms with E-state index in [2.05, 4.69) is 18.8 Å². The molecule has 180 valence electrons. The molecule has 0 saturated carbocycles. The number of carbonyl (C=O) groups is 2. The van der Waals surface area contributed by atoms with E-state index in [1.54, 1.807) is 21.4 Å². The number of aromatic nitrogens is 4. The summed E-state index contributed by atoms with van der Waals surface area (Å²) in [5, 5.41) is 0. The third-order valence-electron chi connectivity index (χ3n) is 6.53. The molecule has 1 aliphatic rings. The molecule has 0 aliphatic carbocycles. The van der Waals surface area contributed by atoms with Crippen molar-refractivity contribution in [3.05, 3.63) is 62.6 Å². The van der Waals surface area contributed by atoms with Crippen LogP contribution in [0, 0.1) is 0 Å². The van der Waals surface area contributed by atoms with Gasteiger partial charge in [0.2, 0.25) is 5.91 Å². The Labute approximate surface area is 197 Å². The standard InChI is InChI=1S/C24H30N6O4/c1-16(2)17-5-7-18(8-6-17)22(32)29-13-11-28(12-14-29)19(31)9-10-30-15-25-21-20(30)23(33)27(4)24(34)26(21)3/h5-8,15-16H,9-14H2,1-4H3. The van der Waals surface area contributed by atoms with Gasteiger partial charge >= 0.3 is 5.69 Å². The summed E-state index contributed by atoms with van der Waals surface area (Å²) < 4.78 is 3.98. The molecule has 1 fully saturated rings. The molecule has 1 aliphatic heterocycles. The Kier molecular flexibility index (Phi) is 6.41. The van der Waals surface area contributed by atoms with Crippen molar-refractivity contribution in [1.82, 2.24) is 28.5 Å². The third-order valence-corrected chi connectivity index (χ3v) is 6.53. The molecule has 0 spiro atoms. The molecule has 4 rings (SSSR count). The van der Waals surface area contributed by atoms with Crippen LogP contribution in [0.15, 0.2) is 40.2 Å². The molecular formula is C24H30N6O4. The Hall–Kier alpha value is -3.69. The van der Waals surface area contributed by atoms with E-state index in [-0.39, 0.29) is 24.8 Å². The minimum absolute atomic E-state index is 0.0197. The van der Waals surface area contributed by atoms with Gasteiger partial charge in [-0.05, 0) is 23.6 Å². The Bertz CT molecular complexity index is 1340. The molecule has 34 heavy (non-hydrogen) atoms. The lowest BCUT2D eigenvalue weighted by Crippen LogP contribution is -2.50. The lowest BCUT2D eigenvalue weighted by atomic mass is 10.0. The summed E-state index contributed by atoms with van der Waals surface area (Å²) in [7, 11) is 2.98. The van der Waals surface area contributed by atoms with Gasteiger partial charge in [0.1, 0.15) is 0 Å². The maximum absolute atomic E-state index is 12.8. The summed E-state index contributed by atoms with van der Waals surface area (Å²) in [6.45, 7) is 6.41. The molecule has 1 saturated heterocycles. The Morgan fingerprint density at radius 2 is 1.56 bits per heavy atom. The summed E-state index contributed by atoms with van der Waals surface area (Å²) in [4.78, 5) is 58.0. The van der Waals surface area contributed by atoms with Crippen molar-refractivity contribution in [2.75, 3.05) is 26.2 Å². The average Bonchev–Trinajstić information content (AvgIpc) is 3.28. The molecule has 0 bridgehead atoms. The molecule has 10 heteroatoms. The highest BCUT2D eigenvalue weighted by molar-refractivity contribution is 5.94. The highest BCUT2D eigenvalue weighted by Gasteiger charge is 2.25. The molecule has 3 aromatic rings. The molecule has 1 aromatic carbocycles. The molecule has 0 atom stereocenters. The van der Waals surface area contributed by atoms with E-state index in [1.807, 2.05) is 24.3 Å². The highest BCUT2D eigenvalue weighted by Crippen LogP contribution is 2.17. The van der Waals surface area contributed by atoms with Gasteiger partial charge in [0, 0.05) is 58.8 Å². The third kappa shape index (κ3) is 4.27. The van der Waals surface area contributed by atoms with Crippen molar-refractivity contribution in [3.8, 4) is 0 Å². The number of benzene rings is 1. The van der Waals surface area contributed by atoms with Crippen LogP contribution in [0.4, 0.5) is 0 Å². The second kappa shape index (κ2) is 9.28. The van der Waals surface area contributed by atoms with E-state index in [0.29, 0.717) is 48.8 Å². The van der Waals surface area contributed by atoms with Gasteiger partial charge in [0.25, 0.3) is 11.5 Å². The number of piperazine rings is 1. The Morgan fingerprint density at radius 1 is 0.941 bits per heavy atom. The zero-order chi connectivity index (χ0) is 24.6. The normalized spacial score (nSPS) is 14.3. The summed E-state index contributed by atoms with van der Waals surface area (Å²) in [5.74, 6) is 0.347. The second-order valence-corrected chi connectivity index (χ2v) is 9.02. The molecule has 10 nitrogen and oxygen atoms in total. The van der Waals surface area contributed by atoms with E-state index in [9.17, 15) is 19.2 Å². The van der Waals surface area contributed by atoms with Crippen LogP contribution < -0.4 is 11.2 Å². The van der Waals surface area contributed by atoms with Gasteiger partial charge in [0.15, 0.2) is 11.2 Å². The second-order valence-electron chi connectivity index (χ2n) is 9.02. The van der Waals surface area contributed by atoms with Gasteiger partial charge in [0.05, 0.1) is 6.33 Å². The highest BCUT2D eigenvalue weighted by atomic mass is 16.2. The quantitative estimate of drug-likeness (QED) is 0.557. The predicted molar refractivity (Wildman–Crippen MR) is 128 cm³/mol. The smallest absolute Gasteiger partial charge is 0.332 e. The molecule has 3 heterocycles. The first kappa shape index (κ1) is 23.5. The monoisotopic (exact) mass is 466 g/mol. The molecule has 0 N–H and O–H groups in total. The predicted octanol–water partition coefficient (Wildman–Crippen LogP) is 0.932. The first-order valence-corrected chi connectivity index (χ1v) is 11.5. The zero-order valence-electron chi connectivity index (χ0n) is 20.0. The number of fused-ring (bicyclic) bond motifs is 1. The lowest BCUT2D eigenvalue weighted by Gasteiger charge is -2.35. The largest absolute Gasteiger partial charge is 0.339 e. The first-order valence-electron chi connectivity index (χ1n) is 11.5. The Balaban J connectivity index is 1.36. The van der Waals surface area contributed by atoms with Crippen LogP contribution in [0.2, 0.25) is 0 Å². The van der Waals surface area contributed by atoms with Crippen molar-refractivity contribution in [2.45, 2.75) is 32.7 Å². The number of imidazole rings is 1. The van der Waals surface area contributed by atoms with Gasteiger partial charge in [-0.2, -0.15) is 0 Å². The van der Waals surface area contributed by atoms with Gasteiger partial charge in [-0.25, -0.2) is 9.78 Å². The average molecular weight is 467 g/mol. The van der Waals surface area contributed by atoms with Crippen LogP contribution in [0.1, 0.15) is 42.1 Å². The fourth-order valence-electron chi connectivity index (χ4n) is 4.29. The van der Waals surface area contributed by atoms with E-state index >= 15 is 0 Å². The van der Waals surface area contributed by atoms with Crippen LogP contribution >= 0.6 is 0 Å². The summed E-state index contributed by atoms with van der Waals surface area (Å²) in [6, 6.07) is 7.71.